The first kappa shape index (κ1) is 15.9. The summed E-state index contributed by atoms with van der Waals surface area (Å²) in [5.41, 5.74) is -0.217. The van der Waals surface area contributed by atoms with Crippen molar-refractivity contribution in [2.75, 3.05) is 13.2 Å². The maximum absolute atomic E-state index is 12.8. The zero-order valence-electron chi connectivity index (χ0n) is 11.6. The van der Waals surface area contributed by atoms with Crippen LogP contribution < -0.4 is 0 Å². The molecule has 2 rings (SSSR count). The molecule has 2 N–H and O–H groups in total. The zero-order valence-corrected chi connectivity index (χ0v) is 12.4. The maximum atomic E-state index is 12.8. The van der Waals surface area contributed by atoms with E-state index in [1.807, 2.05) is 0 Å². The van der Waals surface area contributed by atoms with Crippen LogP contribution in [0.2, 0.25) is 0 Å². The van der Waals surface area contributed by atoms with Crippen molar-refractivity contribution in [1.82, 2.24) is 4.31 Å². The van der Waals surface area contributed by atoms with Crippen LogP contribution >= 0.6 is 0 Å². The van der Waals surface area contributed by atoms with Crippen molar-refractivity contribution in [2.45, 2.75) is 36.6 Å². The van der Waals surface area contributed by atoms with Gasteiger partial charge in [-0.2, -0.15) is 4.31 Å². The first-order valence-corrected chi connectivity index (χ1v) is 8.37. The van der Waals surface area contributed by atoms with Gasteiger partial charge in [0.05, 0.1) is 10.5 Å². The molecule has 0 radical (unpaired) electrons. The number of carbonyl (C=O) groups is 1. The molecular formula is C14H19NO5S. The van der Waals surface area contributed by atoms with Crippen molar-refractivity contribution in [1.29, 1.82) is 0 Å². The highest BCUT2D eigenvalue weighted by Gasteiger charge is 2.35. The molecule has 1 aromatic carbocycles. The number of benzene rings is 1. The molecule has 0 aliphatic carbocycles. The lowest BCUT2D eigenvalue weighted by molar-refractivity contribution is 0.0692. The molecule has 0 saturated carbocycles. The quantitative estimate of drug-likeness (QED) is 0.854. The van der Waals surface area contributed by atoms with Gasteiger partial charge in [0.1, 0.15) is 0 Å². The first-order valence-electron chi connectivity index (χ1n) is 6.93. The number of aliphatic hydroxyl groups is 1. The lowest BCUT2D eigenvalue weighted by Crippen LogP contribution is -2.44. The Kier molecular flexibility index (Phi) is 4.97. The number of piperidine rings is 1. The highest BCUT2D eigenvalue weighted by molar-refractivity contribution is 7.89. The number of carboxylic acid groups (broad SMARTS) is 1. The molecule has 1 aromatic rings. The fraction of sp³-hybridized carbons (Fsp3) is 0.500. The van der Waals surface area contributed by atoms with Gasteiger partial charge < -0.3 is 10.2 Å². The Morgan fingerprint density at radius 1 is 1.29 bits per heavy atom. The van der Waals surface area contributed by atoms with Crippen molar-refractivity contribution in [2.24, 2.45) is 0 Å². The third-order valence-corrected chi connectivity index (χ3v) is 5.75. The minimum atomic E-state index is -3.87. The number of sulfonamides is 1. The summed E-state index contributed by atoms with van der Waals surface area (Å²) in [7, 11) is -3.87. The Balaban J connectivity index is 2.43. The molecule has 7 heteroatoms. The number of carboxylic acids is 1. The maximum Gasteiger partial charge on any atom is 0.337 e. The summed E-state index contributed by atoms with van der Waals surface area (Å²) in [5, 5.41) is 18.3. The van der Waals surface area contributed by atoms with E-state index < -0.39 is 16.0 Å². The molecular weight excluding hydrogens is 294 g/mol. The second-order valence-corrected chi connectivity index (χ2v) is 6.94. The molecule has 6 nitrogen and oxygen atoms in total. The Labute approximate surface area is 124 Å². The standard InChI is InChI=1S/C14H19NO5S/c16-10-8-11-5-3-4-9-15(11)21(19,20)13-7-2-1-6-12(13)14(17)18/h1-2,6-7,11,16H,3-5,8-10H2,(H,17,18). The Morgan fingerprint density at radius 3 is 2.67 bits per heavy atom. The van der Waals surface area contributed by atoms with E-state index in [2.05, 4.69) is 0 Å². The molecule has 1 heterocycles. The summed E-state index contributed by atoms with van der Waals surface area (Å²) in [5.74, 6) is -1.26. The predicted octanol–water partition coefficient (Wildman–Crippen LogP) is 1.31. The van der Waals surface area contributed by atoms with Crippen LogP contribution in [0.1, 0.15) is 36.0 Å². The lowest BCUT2D eigenvalue weighted by atomic mass is 10.0. The normalized spacial score (nSPS) is 20.3. The van der Waals surface area contributed by atoms with Gasteiger partial charge in [0, 0.05) is 19.2 Å². The summed E-state index contributed by atoms with van der Waals surface area (Å²) in [4.78, 5) is 11.1. The lowest BCUT2D eigenvalue weighted by Gasteiger charge is -2.34. The summed E-state index contributed by atoms with van der Waals surface area (Å²) in [6.45, 7) is 0.276. The number of nitrogens with zero attached hydrogens (tertiary/aromatic N) is 1. The van der Waals surface area contributed by atoms with Crippen LogP contribution in [0.15, 0.2) is 29.2 Å². The van der Waals surface area contributed by atoms with E-state index in [1.165, 1.54) is 28.6 Å². The number of rotatable bonds is 5. The minimum Gasteiger partial charge on any atom is -0.478 e. The smallest absolute Gasteiger partial charge is 0.337 e. The van der Waals surface area contributed by atoms with Gasteiger partial charge in [0.2, 0.25) is 10.0 Å². The highest BCUT2D eigenvalue weighted by Crippen LogP contribution is 2.28. The van der Waals surface area contributed by atoms with Gasteiger partial charge in [-0.15, -0.1) is 0 Å². The molecule has 1 fully saturated rings. The van der Waals surface area contributed by atoms with Gasteiger partial charge >= 0.3 is 5.97 Å². The molecule has 1 saturated heterocycles. The zero-order chi connectivity index (χ0) is 15.5. The largest absolute Gasteiger partial charge is 0.478 e. The number of aliphatic hydroxyl groups excluding tert-OH is 1. The third kappa shape index (κ3) is 3.25. The molecule has 1 aliphatic heterocycles. The van der Waals surface area contributed by atoms with Crippen LogP contribution in [-0.4, -0.2) is 48.1 Å². The molecule has 0 amide bonds. The van der Waals surface area contributed by atoms with Crippen molar-refractivity contribution in [3.8, 4) is 0 Å². The molecule has 21 heavy (non-hydrogen) atoms. The van der Waals surface area contributed by atoms with Crippen molar-refractivity contribution < 1.29 is 23.4 Å². The van der Waals surface area contributed by atoms with E-state index in [-0.39, 0.29) is 23.1 Å². The fourth-order valence-corrected chi connectivity index (χ4v) is 4.63. The Hall–Kier alpha value is -1.44. The number of aromatic carboxylic acids is 1. The fourth-order valence-electron chi connectivity index (χ4n) is 2.72. The van der Waals surface area contributed by atoms with E-state index in [4.69, 9.17) is 5.11 Å². The van der Waals surface area contributed by atoms with Gasteiger partial charge in [-0.25, -0.2) is 13.2 Å². The summed E-state index contributed by atoms with van der Waals surface area (Å²) < 4.78 is 26.9. The van der Waals surface area contributed by atoms with E-state index in [0.717, 1.165) is 12.8 Å². The van der Waals surface area contributed by atoms with Gasteiger partial charge in [0.15, 0.2) is 0 Å². The van der Waals surface area contributed by atoms with E-state index in [1.54, 1.807) is 0 Å². The topological polar surface area (TPSA) is 94.9 Å². The van der Waals surface area contributed by atoms with E-state index >= 15 is 0 Å². The number of hydrogen-bond donors (Lipinski definition) is 2. The molecule has 0 bridgehead atoms. The van der Waals surface area contributed by atoms with Crippen LogP contribution in [0, 0.1) is 0 Å². The average molecular weight is 313 g/mol. The Morgan fingerprint density at radius 2 is 2.00 bits per heavy atom. The summed E-state index contributed by atoms with van der Waals surface area (Å²) >= 11 is 0. The second-order valence-electron chi connectivity index (χ2n) is 5.08. The van der Waals surface area contributed by atoms with Crippen LogP contribution in [0.5, 0.6) is 0 Å². The Bertz CT molecular complexity index is 612. The highest BCUT2D eigenvalue weighted by atomic mass is 32.2. The van der Waals surface area contributed by atoms with Crippen molar-refractivity contribution in [3.05, 3.63) is 29.8 Å². The first-order chi connectivity index (χ1) is 9.98. The molecule has 1 atom stereocenters. The molecule has 116 valence electrons. The SMILES string of the molecule is O=C(O)c1ccccc1S(=O)(=O)N1CCCCC1CCO. The second kappa shape index (κ2) is 6.55. The van der Waals surface area contributed by atoms with Gasteiger partial charge in [-0.3, -0.25) is 0 Å². The summed E-state index contributed by atoms with van der Waals surface area (Å²) in [6.07, 6.45) is 2.72. The third-order valence-electron chi connectivity index (χ3n) is 3.74. The van der Waals surface area contributed by atoms with Gasteiger partial charge in [0.25, 0.3) is 0 Å². The monoisotopic (exact) mass is 313 g/mol. The van der Waals surface area contributed by atoms with Gasteiger partial charge in [-0.05, 0) is 31.4 Å². The molecule has 0 aromatic heterocycles. The van der Waals surface area contributed by atoms with E-state index in [9.17, 15) is 18.3 Å². The summed E-state index contributed by atoms with van der Waals surface area (Å²) in [6, 6.07) is 5.37. The molecule has 1 aliphatic rings. The van der Waals surface area contributed by atoms with Crippen molar-refractivity contribution in [3.63, 3.8) is 0 Å². The average Bonchev–Trinajstić information content (AvgIpc) is 2.48. The van der Waals surface area contributed by atoms with Crippen LogP contribution in [-0.2, 0) is 10.0 Å². The van der Waals surface area contributed by atoms with Crippen LogP contribution in [0.3, 0.4) is 0 Å². The minimum absolute atomic E-state index is 0.0860. The molecule has 0 spiro atoms. The van der Waals surface area contributed by atoms with Crippen LogP contribution in [0.25, 0.3) is 0 Å². The van der Waals surface area contributed by atoms with E-state index in [0.29, 0.717) is 19.4 Å². The predicted molar refractivity (Wildman–Crippen MR) is 76.6 cm³/mol. The van der Waals surface area contributed by atoms with Crippen LogP contribution in [0.4, 0.5) is 0 Å². The van der Waals surface area contributed by atoms with Crippen molar-refractivity contribution >= 4 is 16.0 Å². The molecule has 1 unspecified atom stereocenters. The number of hydrogen-bond acceptors (Lipinski definition) is 4. The van der Waals surface area contributed by atoms with Gasteiger partial charge in [-0.1, -0.05) is 18.6 Å².